The number of nitrogens with two attached hydrogens (primary N) is 1. The molecule has 0 spiro atoms. The maximum atomic E-state index is 13.3. The number of amides is 2. The molecular weight excluding hydrogens is 506 g/mol. The number of allylic oxidation sites excluding steroid dienone is 3. The van der Waals surface area contributed by atoms with Crippen LogP contribution in [0, 0.1) is 0 Å². The minimum absolute atomic E-state index is 0.0271. The lowest BCUT2D eigenvalue weighted by Crippen LogP contribution is -2.35. The fourth-order valence-electron chi connectivity index (χ4n) is 5.17. The summed E-state index contributed by atoms with van der Waals surface area (Å²) in [7, 11) is 4.12. The molecule has 5 N–H and O–H groups in total. The maximum Gasteiger partial charge on any atom is 0.249 e. The zero-order chi connectivity index (χ0) is 28.1. The van der Waals surface area contributed by atoms with E-state index in [4.69, 9.17) is 5.73 Å². The Labute approximate surface area is 234 Å². The van der Waals surface area contributed by atoms with Crippen molar-refractivity contribution in [2.75, 3.05) is 43.1 Å². The molecule has 11 heteroatoms. The van der Waals surface area contributed by atoms with E-state index < -0.39 is 0 Å². The molecule has 2 amide bonds. The van der Waals surface area contributed by atoms with E-state index in [1.54, 1.807) is 0 Å². The highest BCUT2D eigenvalue weighted by Crippen LogP contribution is 2.26. The first-order chi connectivity index (χ1) is 19.4. The average molecular weight is 544 g/mol. The Morgan fingerprint density at radius 3 is 2.70 bits per heavy atom. The lowest BCUT2D eigenvalue weighted by Gasteiger charge is -2.22. The zero-order valence-electron chi connectivity index (χ0n) is 23.1. The molecule has 11 nitrogen and oxygen atoms in total. The second-order valence-corrected chi connectivity index (χ2v) is 10.6. The molecule has 3 aliphatic rings. The summed E-state index contributed by atoms with van der Waals surface area (Å²) in [5.41, 5.74) is 9.74. The van der Waals surface area contributed by atoms with Crippen molar-refractivity contribution >= 4 is 40.7 Å². The summed E-state index contributed by atoms with van der Waals surface area (Å²) < 4.78 is 0. The third-order valence-corrected chi connectivity index (χ3v) is 7.45. The van der Waals surface area contributed by atoms with Gasteiger partial charge in [-0.1, -0.05) is 12.1 Å². The fourth-order valence-corrected chi connectivity index (χ4v) is 5.17. The second kappa shape index (κ2) is 12.3. The van der Waals surface area contributed by atoms with Gasteiger partial charge in [-0.25, -0.2) is 0 Å². The Morgan fingerprint density at radius 2 is 1.93 bits per heavy atom. The predicted octanol–water partition coefficient (Wildman–Crippen LogP) is 3.61. The van der Waals surface area contributed by atoms with E-state index in [9.17, 15) is 9.59 Å². The molecule has 0 saturated carbocycles. The summed E-state index contributed by atoms with van der Waals surface area (Å²) in [5, 5.41) is 9.48. The van der Waals surface area contributed by atoms with Gasteiger partial charge in [0.2, 0.25) is 23.7 Å². The van der Waals surface area contributed by atoms with Crippen LogP contribution in [0.2, 0.25) is 0 Å². The van der Waals surface area contributed by atoms with Crippen molar-refractivity contribution in [3.05, 3.63) is 59.7 Å². The number of fused-ring (bicyclic) bond motifs is 4. The Kier molecular flexibility index (Phi) is 8.40. The molecule has 1 aromatic carbocycles. The van der Waals surface area contributed by atoms with Gasteiger partial charge in [0.05, 0.1) is 0 Å². The van der Waals surface area contributed by atoms with Crippen LogP contribution in [0.25, 0.3) is 5.57 Å². The first kappa shape index (κ1) is 27.3. The topological polar surface area (TPSA) is 141 Å². The number of carbonyl (C=O) groups excluding carboxylic acids is 2. The lowest BCUT2D eigenvalue weighted by molar-refractivity contribution is -0.126. The molecule has 4 bridgehead atoms. The summed E-state index contributed by atoms with van der Waals surface area (Å²) in [6, 6.07) is 7.81. The zero-order valence-corrected chi connectivity index (χ0v) is 23.1. The van der Waals surface area contributed by atoms with Gasteiger partial charge < -0.3 is 31.5 Å². The van der Waals surface area contributed by atoms with Gasteiger partial charge in [0, 0.05) is 60.0 Å². The summed E-state index contributed by atoms with van der Waals surface area (Å²) in [5.74, 6) is 1.23. The molecule has 0 radical (unpaired) electrons. The van der Waals surface area contributed by atoms with Crippen LogP contribution in [0.1, 0.15) is 50.8 Å². The number of hydrogen-bond donors (Lipinski definition) is 4. The Hall–Kier alpha value is -4.25. The van der Waals surface area contributed by atoms with Crippen LogP contribution in [0.5, 0.6) is 0 Å². The van der Waals surface area contributed by atoms with Crippen molar-refractivity contribution in [3.8, 4) is 0 Å². The van der Waals surface area contributed by atoms with Gasteiger partial charge in [0.1, 0.15) is 0 Å². The summed E-state index contributed by atoms with van der Waals surface area (Å²) >= 11 is 0. The number of anilines is 4. The molecule has 1 atom stereocenters. The second-order valence-electron chi connectivity index (χ2n) is 10.6. The van der Waals surface area contributed by atoms with Crippen molar-refractivity contribution < 1.29 is 9.59 Å². The van der Waals surface area contributed by atoms with Crippen molar-refractivity contribution in [2.24, 2.45) is 5.73 Å². The highest BCUT2D eigenvalue weighted by molar-refractivity contribution is 5.94. The summed E-state index contributed by atoms with van der Waals surface area (Å²) in [6.45, 7) is 1.52. The molecule has 2 aromatic rings. The molecule has 1 aromatic heterocycles. The number of carbonyl (C=O) groups is 2. The molecule has 210 valence electrons. The van der Waals surface area contributed by atoms with Gasteiger partial charge in [-0.05, 0) is 76.9 Å². The summed E-state index contributed by atoms with van der Waals surface area (Å²) in [6.07, 6.45) is 10.4. The Morgan fingerprint density at radius 1 is 1.12 bits per heavy atom. The lowest BCUT2D eigenvalue weighted by atomic mass is 10.0. The largest absolute Gasteiger partial charge is 0.404 e. The van der Waals surface area contributed by atoms with Gasteiger partial charge in [-0.3, -0.25) is 9.59 Å². The number of nitrogens with one attached hydrogen (secondary N) is 3. The van der Waals surface area contributed by atoms with Crippen molar-refractivity contribution in [1.29, 1.82) is 0 Å². The van der Waals surface area contributed by atoms with Gasteiger partial charge >= 0.3 is 0 Å². The predicted molar refractivity (Wildman–Crippen MR) is 157 cm³/mol. The van der Waals surface area contributed by atoms with E-state index in [-0.39, 0.29) is 11.8 Å². The monoisotopic (exact) mass is 543 g/mol. The molecule has 5 rings (SSSR count). The third kappa shape index (κ3) is 6.66. The van der Waals surface area contributed by atoms with Crippen molar-refractivity contribution in [1.82, 2.24) is 24.8 Å². The molecule has 1 saturated heterocycles. The molecule has 1 aliphatic carbocycles. The van der Waals surface area contributed by atoms with Crippen molar-refractivity contribution in [3.63, 3.8) is 0 Å². The Bertz CT molecular complexity index is 1370. The molecule has 40 heavy (non-hydrogen) atoms. The molecule has 3 heterocycles. The molecule has 1 unspecified atom stereocenters. The van der Waals surface area contributed by atoms with Crippen LogP contribution >= 0.6 is 0 Å². The number of aromatic nitrogens is 3. The number of likely N-dealkylation sites (tertiary alicyclic amines) is 1. The fraction of sp³-hybridized carbons (Fsp3) is 0.414. The molecule has 2 aliphatic heterocycles. The van der Waals surface area contributed by atoms with E-state index in [2.05, 4.69) is 56.0 Å². The van der Waals surface area contributed by atoms with Gasteiger partial charge in [0.25, 0.3) is 0 Å². The first-order valence-corrected chi connectivity index (χ1v) is 13.9. The van der Waals surface area contributed by atoms with Gasteiger partial charge in [-0.15, -0.1) is 0 Å². The normalized spacial score (nSPS) is 20.8. The number of rotatable bonds is 4. The van der Waals surface area contributed by atoms with Gasteiger partial charge in [0.15, 0.2) is 5.82 Å². The van der Waals surface area contributed by atoms with Crippen molar-refractivity contribution in [2.45, 2.75) is 51.0 Å². The van der Waals surface area contributed by atoms with Crippen LogP contribution in [-0.2, 0) is 9.59 Å². The maximum absolute atomic E-state index is 13.3. The average Bonchev–Trinajstić information content (AvgIpc) is 3.43. The van der Waals surface area contributed by atoms with Crippen LogP contribution in [0.15, 0.2) is 53.9 Å². The minimum atomic E-state index is -0.0271. The van der Waals surface area contributed by atoms with Crippen LogP contribution < -0.4 is 21.7 Å². The summed E-state index contributed by atoms with van der Waals surface area (Å²) in [4.78, 5) is 43.7. The highest BCUT2D eigenvalue weighted by atomic mass is 16.2. The van der Waals surface area contributed by atoms with E-state index in [1.807, 2.05) is 35.2 Å². The number of benzene rings is 1. The first-order valence-electron chi connectivity index (χ1n) is 13.9. The van der Waals surface area contributed by atoms with Crippen LogP contribution in [-0.4, -0.2) is 69.8 Å². The van der Waals surface area contributed by atoms with E-state index in [0.717, 1.165) is 54.9 Å². The molecular formula is C29H37N9O2. The van der Waals surface area contributed by atoms with E-state index in [0.29, 0.717) is 55.1 Å². The number of hydrogen-bond acceptors (Lipinski definition) is 9. The van der Waals surface area contributed by atoms with E-state index in [1.165, 1.54) is 6.20 Å². The minimum Gasteiger partial charge on any atom is -0.404 e. The van der Waals surface area contributed by atoms with E-state index >= 15 is 0 Å². The number of likely N-dealkylation sites (N-methyl/N-ethyl adjacent to an activating group) is 1. The number of nitrogens with zero attached hydrogens (tertiary/aromatic N) is 5. The Balaban J connectivity index is 1.40. The van der Waals surface area contributed by atoms with Crippen LogP contribution in [0.4, 0.5) is 23.3 Å². The highest BCUT2D eigenvalue weighted by Gasteiger charge is 2.29. The van der Waals surface area contributed by atoms with Gasteiger partial charge in [-0.2, -0.15) is 15.0 Å². The standard InChI is InChI=1S/C29H37N9O2/c1-37(2)24-13-14-38(18-24)27(40)19-8-5-9-21(15-19)32-28-34-26-20(17-30)7-3-4-12-25(39)31-22-10-6-11-23(16-22)33-29(35-26)36-28/h6,9-11,15-17,24H,3-5,7-8,12-14,18,30H2,1-2H3,(H,31,39)(H2,32,33,34,35,36). The SMILES string of the molecule is CN(C)C1CCN(C(=O)C2=CC(Nc3nc4nc(n3)C(=CN)CCCCC(=O)Nc3cccc(c3)N4)=CCC2)C1. The molecule has 1 fully saturated rings. The smallest absolute Gasteiger partial charge is 0.249 e. The quantitative estimate of drug-likeness (QED) is 0.455. The van der Waals surface area contributed by atoms with Crippen LogP contribution in [0.3, 0.4) is 0 Å². The third-order valence-electron chi connectivity index (χ3n) is 7.45.